The molecule has 0 amide bonds. The molecule has 0 aromatic heterocycles. The third kappa shape index (κ3) is 7.36. The summed E-state index contributed by atoms with van der Waals surface area (Å²) in [6.07, 6.45) is 0. The topological polar surface area (TPSA) is 52.1 Å². The maximum Gasteiger partial charge on any atom is 0.191 e. The maximum absolute atomic E-state index is 5.48. The summed E-state index contributed by atoms with van der Waals surface area (Å²) >= 11 is 0. The lowest BCUT2D eigenvalue weighted by Crippen LogP contribution is -2.53. The summed E-state index contributed by atoms with van der Waals surface area (Å²) in [5.74, 6) is 1.50. The van der Waals surface area contributed by atoms with Crippen LogP contribution in [0.5, 0.6) is 0 Å². The van der Waals surface area contributed by atoms with E-state index in [0.717, 1.165) is 58.4 Å². The quantitative estimate of drug-likeness (QED) is 0.488. The number of likely N-dealkylation sites (N-methyl/N-ethyl adjacent to an activating group) is 1. The Morgan fingerprint density at radius 1 is 1.17 bits per heavy atom. The van der Waals surface area contributed by atoms with Gasteiger partial charge >= 0.3 is 0 Å². The Labute approximate surface area is 149 Å². The van der Waals surface area contributed by atoms with Crippen molar-refractivity contribution in [3.05, 3.63) is 0 Å². The van der Waals surface area contributed by atoms with Crippen molar-refractivity contribution >= 4 is 5.96 Å². The molecular formula is C18H39N5O. The molecule has 1 unspecified atom stereocenters. The van der Waals surface area contributed by atoms with Crippen LogP contribution < -0.4 is 10.6 Å². The highest BCUT2D eigenvalue weighted by atomic mass is 16.5. The number of morpholine rings is 1. The predicted molar refractivity (Wildman–Crippen MR) is 103 cm³/mol. The van der Waals surface area contributed by atoms with Crippen molar-refractivity contribution in [3.63, 3.8) is 0 Å². The van der Waals surface area contributed by atoms with E-state index in [0.29, 0.717) is 18.0 Å². The standard InChI is InChI=1S/C18H39N5O/c1-7-22(16(4)5)9-8-20-18(19-6)21-14-17(15(2)3)23-10-12-24-13-11-23/h15-17H,7-14H2,1-6H3,(H2,19,20,21). The van der Waals surface area contributed by atoms with Gasteiger partial charge in [-0.1, -0.05) is 20.8 Å². The van der Waals surface area contributed by atoms with E-state index in [-0.39, 0.29) is 0 Å². The van der Waals surface area contributed by atoms with Crippen LogP contribution in [-0.4, -0.2) is 87.4 Å². The molecule has 0 radical (unpaired) electrons. The molecule has 6 heteroatoms. The largest absolute Gasteiger partial charge is 0.379 e. The van der Waals surface area contributed by atoms with Crippen LogP contribution in [0.15, 0.2) is 4.99 Å². The summed E-state index contributed by atoms with van der Waals surface area (Å²) < 4.78 is 5.48. The molecular weight excluding hydrogens is 302 g/mol. The number of guanidine groups is 1. The first-order chi connectivity index (χ1) is 11.5. The summed E-state index contributed by atoms with van der Waals surface area (Å²) in [5.41, 5.74) is 0. The number of hydrogen-bond donors (Lipinski definition) is 2. The van der Waals surface area contributed by atoms with Crippen LogP contribution in [0.2, 0.25) is 0 Å². The molecule has 1 rings (SSSR count). The summed E-state index contributed by atoms with van der Waals surface area (Å²) in [6.45, 7) is 19.0. The van der Waals surface area contributed by atoms with Gasteiger partial charge in [0.2, 0.25) is 0 Å². The molecule has 1 heterocycles. The number of rotatable bonds is 9. The molecule has 24 heavy (non-hydrogen) atoms. The van der Waals surface area contributed by atoms with Gasteiger partial charge in [-0.25, -0.2) is 0 Å². The Balaban J connectivity index is 2.40. The van der Waals surface area contributed by atoms with E-state index >= 15 is 0 Å². The smallest absolute Gasteiger partial charge is 0.191 e. The molecule has 0 aromatic carbocycles. The van der Waals surface area contributed by atoms with Crippen LogP contribution in [0.25, 0.3) is 0 Å². The second kappa shape index (κ2) is 11.7. The van der Waals surface area contributed by atoms with Gasteiger partial charge in [0.1, 0.15) is 0 Å². The zero-order chi connectivity index (χ0) is 17.9. The Hall–Kier alpha value is -0.850. The molecule has 6 nitrogen and oxygen atoms in total. The maximum atomic E-state index is 5.48. The fourth-order valence-electron chi connectivity index (χ4n) is 3.22. The number of aliphatic imine (C=N–C) groups is 1. The van der Waals surface area contributed by atoms with Crippen LogP contribution in [0.1, 0.15) is 34.6 Å². The van der Waals surface area contributed by atoms with E-state index in [1.54, 1.807) is 0 Å². The molecule has 1 aliphatic rings. The van der Waals surface area contributed by atoms with Crippen molar-refractivity contribution in [2.75, 3.05) is 59.5 Å². The van der Waals surface area contributed by atoms with Gasteiger partial charge in [-0.15, -0.1) is 0 Å². The van der Waals surface area contributed by atoms with Crippen molar-refractivity contribution in [3.8, 4) is 0 Å². The second-order valence-corrected chi connectivity index (χ2v) is 7.06. The molecule has 142 valence electrons. The minimum Gasteiger partial charge on any atom is -0.379 e. The molecule has 0 spiro atoms. The molecule has 0 saturated carbocycles. The van der Waals surface area contributed by atoms with Gasteiger partial charge in [0.05, 0.1) is 13.2 Å². The van der Waals surface area contributed by atoms with Gasteiger partial charge in [-0.2, -0.15) is 0 Å². The van der Waals surface area contributed by atoms with E-state index in [1.165, 1.54) is 0 Å². The van der Waals surface area contributed by atoms with E-state index in [2.05, 4.69) is 60.0 Å². The normalized spacial score (nSPS) is 18.5. The van der Waals surface area contributed by atoms with Crippen molar-refractivity contribution < 1.29 is 4.74 Å². The number of hydrogen-bond acceptors (Lipinski definition) is 4. The molecule has 1 fully saturated rings. The first-order valence-corrected chi connectivity index (χ1v) is 9.49. The van der Waals surface area contributed by atoms with Crippen molar-refractivity contribution in [2.24, 2.45) is 10.9 Å². The second-order valence-electron chi connectivity index (χ2n) is 7.06. The molecule has 2 N–H and O–H groups in total. The summed E-state index contributed by atoms with van der Waals surface area (Å²) in [5, 5.41) is 6.95. The SMILES string of the molecule is CCN(CCNC(=NC)NCC(C(C)C)N1CCOCC1)C(C)C. The lowest BCUT2D eigenvalue weighted by molar-refractivity contribution is 0.00752. The van der Waals surface area contributed by atoms with Gasteiger partial charge in [-0.05, 0) is 26.3 Å². The van der Waals surface area contributed by atoms with E-state index in [1.807, 2.05) is 7.05 Å². The van der Waals surface area contributed by atoms with Crippen LogP contribution in [0.4, 0.5) is 0 Å². The van der Waals surface area contributed by atoms with Gasteiger partial charge in [-0.3, -0.25) is 14.8 Å². The summed E-state index contributed by atoms with van der Waals surface area (Å²) in [4.78, 5) is 9.35. The Kier molecular flexibility index (Phi) is 10.3. The lowest BCUT2D eigenvalue weighted by Gasteiger charge is -2.37. The third-order valence-corrected chi connectivity index (χ3v) is 4.81. The highest BCUT2D eigenvalue weighted by Crippen LogP contribution is 2.12. The zero-order valence-corrected chi connectivity index (χ0v) is 16.6. The van der Waals surface area contributed by atoms with Gasteiger partial charge in [0.15, 0.2) is 5.96 Å². The summed E-state index contributed by atoms with van der Waals surface area (Å²) in [6, 6.07) is 1.09. The van der Waals surface area contributed by atoms with Crippen LogP contribution in [0.3, 0.4) is 0 Å². The van der Waals surface area contributed by atoms with Crippen molar-refractivity contribution in [2.45, 2.75) is 46.7 Å². The minimum atomic E-state index is 0.509. The number of nitrogens with one attached hydrogen (secondary N) is 2. The van der Waals surface area contributed by atoms with Crippen molar-refractivity contribution in [1.29, 1.82) is 0 Å². The van der Waals surface area contributed by atoms with Gasteiger partial charge in [0, 0.05) is 51.9 Å². The highest BCUT2D eigenvalue weighted by Gasteiger charge is 2.23. The van der Waals surface area contributed by atoms with Gasteiger partial charge < -0.3 is 15.4 Å². The van der Waals surface area contributed by atoms with Crippen molar-refractivity contribution in [1.82, 2.24) is 20.4 Å². The number of nitrogens with zero attached hydrogens (tertiary/aromatic N) is 3. The van der Waals surface area contributed by atoms with Crippen LogP contribution in [-0.2, 0) is 4.74 Å². The first kappa shape index (κ1) is 21.2. The fraction of sp³-hybridized carbons (Fsp3) is 0.944. The molecule has 0 aromatic rings. The fourth-order valence-corrected chi connectivity index (χ4v) is 3.22. The number of ether oxygens (including phenoxy) is 1. The molecule has 1 saturated heterocycles. The minimum absolute atomic E-state index is 0.509. The van der Waals surface area contributed by atoms with E-state index < -0.39 is 0 Å². The highest BCUT2D eigenvalue weighted by molar-refractivity contribution is 5.79. The molecule has 1 aliphatic heterocycles. The molecule has 1 atom stereocenters. The average Bonchev–Trinajstić information content (AvgIpc) is 2.57. The average molecular weight is 342 g/mol. The van der Waals surface area contributed by atoms with E-state index in [9.17, 15) is 0 Å². The molecule has 0 bridgehead atoms. The van der Waals surface area contributed by atoms with Crippen LogP contribution >= 0.6 is 0 Å². The third-order valence-electron chi connectivity index (χ3n) is 4.81. The van der Waals surface area contributed by atoms with Crippen LogP contribution in [0, 0.1) is 5.92 Å². The first-order valence-electron chi connectivity index (χ1n) is 9.49. The molecule has 0 aliphatic carbocycles. The van der Waals surface area contributed by atoms with Gasteiger partial charge in [0.25, 0.3) is 0 Å². The Morgan fingerprint density at radius 3 is 2.33 bits per heavy atom. The zero-order valence-electron chi connectivity index (χ0n) is 16.6. The van der Waals surface area contributed by atoms with E-state index in [4.69, 9.17) is 4.74 Å². The lowest BCUT2D eigenvalue weighted by atomic mass is 10.0. The Bertz CT molecular complexity index is 353. The summed E-state index contributed by atoms with van der Waals surface area (Å²) in [7, 11) is 1.84. The Morgan fingerprint density at radius 2 is 1.83 bits per heavy atom. The monoisotopic (exact) mass is 341 g/mol. The predicted octanol–water partition coefficient (Wildman–Crippen LogP) is 1.24.